The summed E-state index contributed by atoms with van der Waals surface area (Å²) >= 11 is 0. The highest BCUT2D eigenvalue weighted by atomic mass is 35.5. The summed E-state index contributed by atoms with van der Waals surface area (Å²) in [5, 5.41) is 12.0. The average molecular weight is 566 g/mol. The molecule has 1 aliphatic rings. The third kappa shape index (κ3) is 5.78. The fourth-order valence-corrected chi connectivity index (χ4v) is 4.56. The first-order valence-electron chi connectivity index (χ1n) is 11.8. The number of anilines is 3. The molecule has 1 aromatic carbocycles. The predicted molar refractivity (Wildman–Crippen MR) is 145 cm³/mol. The summed E-state index contributed by atoms with van der Waals surface area (Å²) in [4.78, 5) is 30.6. The van der Waals surface area contributed by atoms with Crippen LogP contribution in [-0.4, -0.2) is 48.7 Å². The van der Waals surface area contributed by atoms with Crippen LogP contribution in [0.3, 0.4) is 0 Å². The number of carboxylic acid groups (broad SMARTS) is 1. The Balaban J connectivity index is 0.00000200. The standard InChI is InChI=1S/C25H25F2N7O2.2ClH/c1-2-3-15-11-28-25(29-12-15)33-8-6-17(7-9-33)34-13-19(27)21-22(30-14-31-23(21)34)32-20-5-4-16(24(35)36)10-18(20)26;;/h4-5,10-14,17H,2-3,6-9H2,1H3,(H,35,36)(H,30,31,32);2*1H. The lowest BCUT2D eigenvalue weighted by atomic mass is 10.1. The van der Waals surface area contributed by atoms with Crippen molar-refractivity contribution in [1.82, 2.24) is 24.5 Å². The highest BCUT2D eigenvalue weighted by Crippen LogP contribution is 2.33. The number of rotatable bonds is 7. The normalized spacial score (nSPS) is 13.6. The van der Waals surface area contributed by atoms with Crippen molar-refractivity contribution in [3.05, 3.63) is 65.9 Å². The summed E-state index contributed by atoms with van der Waals surface area (Å²) in [5.74, 6) is -1.73. The summed E-state index contributed by atoms with van der Waals surface area (Å²) in [7, 11) is 0. The van der Waals surface area contributed by atoms with E-state index in [0.29, 0.717) is 11.6 Å². The van der Waals surface area contributed by atoms with Crippen LogP contribution in [0.4, 0.5) is 26.2 Å². The topological polar surface area (TPSA) is 109 Å². The fraction of sp³-hybridized carbons (Fsp3) is 0.320. The van der Waals surface area contributed by atoms with Gasteiger partial charge in [0, 0.05) is 37.7 Å². The van der Waals surface area contributed by atoms with Gasteiger partial charge in [-0.3, -0.25) is 0 Å². The molecule has 38 heavy (non-hydrogen) atoms. The molecule has 1 aliphatic heterocycles. The van der Waals surface area contributed by atoms with E-state index in [4.69, 9.17) is 5.11 Å². The summed E-state index contributed by atoms with van der Waals surface area (Å²) in [6.07, 6.45) is 9.95. The molecule has 0 saturated carbocycles. The summed E-state index contributed by atoms with van der Waals surface area (Å²) < 4.78 is 31.4. The molecule has 0 aliphatic carbocycles. The van der Waals surface area contributed by atoms with Crippen molar-refractivity contribution in [2.24, 2.45) is 0 Å². The van der Waals surface area contributed by atoms with Crippen molar-refractivity contribution < 1.29 is 18.7 Å². The number of aryl methyl sites for hydroxylation is 1. The zero-order chi connectivity index (χ0) is 25.2. The molecular formula is C25H27Cl2F2N7O2. The van der Waals surface area contributed by atoms with Crippen LogP contribution in [-0.2, 0) is 6.42 Å². The van der Waals surface area contributed by atoms with Gasteiger partial charge in [-0.1, -0.05) is 13.3 Å². The molecular weight excluding hydrogens is 539 g/mol. The van der Waals surface area contributed by atoms with Gasteiger partial charge >= 0.3 is 5.97 Å². The second-order valence-corrected chi connectivity index (χ2v) is 8.79. The van der Waals surface area contributed by atoms with Gasteiger partial charge in [-0.2, -0.15) is 0 Å². The molecule has 1 saturated heterocycles. The molecule has 2 N–H and O–H groups in total. The summed E-state index contributed by atoms with van der Waals surface area (Å²) in [5.41, 5.74) is 1.33. The Morgan fingerprint density at radius 1 is 1.08 bits per heavy atom. The lowest BCUT2D eigenvalue weighted by Crippen LogP contribution is -2.35. The zero-order valence-electron chi connectivity index (χ0n) is 20.5. The van der Waals surface area contributed by atoms with Gasteiger partial charge in [0.15, 0.2) is 5.82 Å². The number of fused-ring (bicyclic) bond motifs is 1. The SMILES string of the molecule is CCCc1cnc(N2CCC(n3cc(F)c4c(Nc5ccc(C(=O)O)cc5F)ncnc43)CC2)nc1.Cl.Cl. The number of carbonyl (C=O) groups is 1. The molecule has 0 spiro atoms. The van der Waals surface area contributed by atoms with Gasteiger partial charge in [-0.15, -0.1) is 24.8 Å². The van der Waals surface area contributed by atoms with Crippen molar-refractivity contribution in [3.63, 3.8) is 0 Å². The second-order valence-electron chi connectivity index (χ2n) is 8.79. The van der Waals surface area contributed by atoms with Gasteiger partial charge in [0.05, 0.1) is 16.6 Å². The van der Waals surface area contributed by atoms with E-state index in [1.54, 1.807) is 0 Å². The van der Waals surface area contributed by atoms with Crippen LogP contribution in [0.25, 0.3) is 11.0 Å². The highest BCUT2D eigenvalue weighted by molar-refractivity contribution is 5.91. The van der Waals surface area contributed by atoms with E-state index < -0.39 is 17.6 Å². The van der Waals surface area contributed by atoms with E-state index >= 15 is 4.39 Å². The first-order chi connectivity index (χ1) is 17.4. The third-order valence-corrected chi connectivity index (χ3v) is 6.40. The van der Waals surface area contributed by atoms with E-state index in [0.717, 1.165) is 50.4 Å². The van der Waals surface area contributed by atoms with E-state index in [9.17, 15) is 9.18 Å². The van der Waals surface area contributed by atoms with Gasteiger partial charge in [-0.05, 0) is 43.0 Å². The molecule has 13 heteroatoms. The molecule has 3 aromatic heterocycles. The highest BCUT2D eigenvalue weighted by Gasteiger charge is 2.26. The molecule has 4 heterocycles. The van der Waals surface area contributed by atoms with E-state index in [-0.39, 0.29) is 53.3 Å². The summed E-state index contributed by atoms with van der Waals surface area (Å²) in [6, 6.07) is 3.47. The molecule has 0 unspecified atom stereocenters. The number of carboxylic acids is 1. The predicted octanol–water partition coefficient (Wildman–Crippen LogP) is 5.58. The van der Waals surface area contributed by atoms with E-state index in [1.165, 1.54) is 24.7 Å². The Bertz CT molecular complexity index is 1410. The van der Waals surface area contributed by atoms with Crippen LogP contribution in [0, 0.1) is 11.6 Å². The van der Waals surface area contributed by atoms with Crippen LogP contribution in [0.5, 0.6) is 0 Å². The molecule has 0 bridgehead atoms. The van der Waals surface area contributed by atoms with Crippen LogP contribution in [0.1, 0.15) is 48.1 Å². The average Bonchev–Trinajstić information content (AvgIpc) is 3.23. The Labute approximate surface area is 230 Å². The van der Waals surface area contributed by atoms with Crippen molar-refractivity contribution in [1.29, 1.82) is 0 Å². The minimum atomic E-state index is -1.24. The van der Waals surface area contributed by atoms with Crippen molar-refractivity contribution in [3.8, 4) is 0 Å². The smallest absolute Gasteiger partial charge is 0.335 e. The molecule has 5 rings (SSSR count). The number of nitrogens with one attached hydrogen (secondary N) is 1. The second kappa shape index (κ2) is 12.3. The first-order valence-corrected chi connectivity index (χ1v) is 11.8. The lowest BCUT2D eigenvalue weighted by Gasteiger charge is -2.32. The molecule has 202 valence electrons. The van der Waals surface area contributed by atoms with Crippen LogP contribution < -0.4 is 10.2 Å². The Morgan fingerprint density at radius 3 is 2.42 bits per heavy atom. The quantitative estimate of drug-likeness (QED) is 0.299. The minimum absolute atomic E-state index is 0. The van der Waals surface area contributed by atoms with Gasteiger partial charge in [0.25, 0.3) is 0 Å². The fourth-order valence-electron chi connectivity index (χ4n) is 4.56. The minimum Gasteiger partial charge on any atom is -0.478 e. The number of benzene rings is 1. The Kier molecular flexibility index (Phi) is 9.40. The van der Waals surface area contributed by atoms with Crippen molar-refractivity contribution in [2.45, 2.75) is 38.6 Å². The molecule has 4 aromatic rings. The van der Waals surface area contributed by atoms with Crippen LogP contribution >= 0.6 is 24.8 Å². The van der Waals surface area contributed by atoms with Crippen LogP contribution in [0.2, 0.25) is 0 Å². The molecule has 0 amide bonds. The van der Waals surface area contributed by atoms with Gasteiger partial charge in [-0.25, -0.2) is 33.5 Å². The number of halogens is 4. The number of hydrogen-bond acceptors (Lipinski definition) is 7. The zero-order valence-corrected chi connectivity index (χ0v) is 22.1. The van der Waals surface area contributed by atoms with Crippen molar-refractivity contribution in [2.75, 3.05) is 23.3 Å². The maximum Gasteiger partial charge on any atom is 0.335 e. The molecule has 0 atom stereocenters. The summed E-state index contributed by atoms with van der Waals surface area (Å²) in [6.45, 7) is 3.56. The number of nitrogens with zero attached hydrogens (tertiary/aromatic N) is 6. The number of aromatic carboxylic acids is 1. The number of aromatic nitrogens is 5. The van der Waals surface area contributed by atoms with Gasteiger partial charge < -0.3 is 19.9 Å². The lowest BCUT2D eigenvalue weighted by molar-refractivity contribution is 0.0696. The molecule has 0 radical (unpaired) electrons. The molecule has 9 nitrogen and oxygen atoms in total. The molecule has 1 fully saturated rings. The Morgan fingerprint density at radius 2 is 1.79 bits per heavy atom. The van der Waals surface area contributed by atoms with Crippen molar-refractivity contribution >= 4 is 59.3 Å². The third-order valence-electron chi connectivity index (χ3n) is 6.40. The number of hydrogen-bond donors (Lipinski definition) is 2. The van der Waals surface area contributed by atoms with Gasteiger partial charge in [0.2, 0.25) is 5.95 Å². The van der Waals surface area contributed by atoms with Crippen LogP contribution in [0.15, 0.2) is 43.1 Å². The monoisotopic (exact) mass is 565 g/mol. The first kappa shape index (κ1) is 29.0. The number of piperidine rings is 1. The largest absolute Gasteiger partial charge is 0.478 e. The Hall–Kier alpha value is -3.57. The van der Waals surface area contributed by atoms with Gasteiger partial charge in [0.1, 0.15) is 23.6 Å². The maximum atomic E-state index is 15.1. The maximum absolute atomic E-state index is 15.1. The van der Waals surface area contributed by atoms with E-state index in [2.05, 4.69) is 37.1 Å². The van der Waals surface area contributed by atoms with E-state index in [1.807, 2.05) is 17.0 Å².